The summed E-state index contributed by atoms with van der Waals surface area (Å²) in [5.41, 5.74) is 0. The van der Waals surface area contributed by atoms with Crippen LogP contribution in [0.5, 0.6) is 0 Å². The minimum atomic E-state index is -0.845. The first-order valence-corrected chi connectivity index (χ1v) is 7.70. The average Bonchev–Trinajstić information content (AvgIpc) is 2.48. The standard InChI is InChI=1S/C16H27NO4/c1-4-6-14(16(20)21-3)10-9-13(15(18)19)8-7-12(5-2)11-17/h12-14H,4-10H2,1-3H3,(H,18,19). The number of carboxylic acid groups (broad SMARTS) is 1. The van der Waals surface area contributed by atoms with Gasteiger partial charge in [0, 0.05) is 5.92 Å². The normalized spacial score (nSPS) is 14.8. The molecule has 21 heavy (non-hydrogen) atoms. The predicted octanol–water partition coefficient (Wildman–Crippen LogP) is 3.39. The molecule has 0 fully saturated rings. The zero-order valence-corrected chi connectivity index (χ0v) is 13.3. The smallest absolute Gasteiger partial charge is 0.308 e. The molecule has 0 spiro atoms. The van der Waals surface area contributed by atoms with Crippen LogP contribution in [-0.2, 0) is 14.3 Å². The molecule has 0 saturated heterocycles. The van der Waals surface area contributed by atoms with Crippen molar-refractivity contribution in [1.29, 1.82) is 5.26 Å². The van der Waals surface area contributed by atoms with Crippen LogP contribution >= 0.6 is 0 Å². The summed E-state index contributed by atoms with van der Waals surface area (Å²) < 4.78 is 4.76. The summed E-state index contributed by atoms with van der Waals surface area (Å²) in [6.07, 6.45) is 4.39. The van der Waals surface area contributed by atoms with E-state index in [4.69, 9.17) is 10.00 Å². The number of methoxy groups -OCH3 is 1. The molecule has 5 heteroatoms. The van der Waals surface area contributed by atoms with Crippen molar-refractivity contribution in [2.24, 2.45) is 17.8 Å². The molecule has 3 unspecified atom stereocenters. The second-order valence-corrected chi connectivity index (χ2v) is 5.43. The summed E-state index contributed by atoms with van der Waals surface area (Å²) in [4.78, 5) is 22.9. The van der Waals surface area contributed by atoms with Crippen LogP contribution < -0.4 is 0 Å². The Hall–Kier alpha value is -1.57. The molecule has 5 nitrogen and oxygen atoms in total. The Morgan fingerprint density at radius 2 is 1.67 bits per heavy atom. The molecular formula is C16H27NO4. The lowest BCUT2D eigenvalue weighted by atomic mass is 9.88. The summed E-state index contributed by atoms with van der Waals surface area (Å²) in [5, 5.41) is 18.2. The Bertz CT molecular complexity index is 362. The van der Waals surface area contributed by atoms with E-state index in [1.165, 1.54) is 7.11 Å². The first-order chi connectivity index (χ1) is 9.99. The summed E-state index contributed by atoms with van der Waals surface area (Å²) in [6, 6.07) is 2.19. The quantitative estimate of drug-likeness (QED) is 0.591. The lowest BCUT2D eigenvalue weighted by molar-refractivity contribution is -0.147. The van der Waals surface area contributed by atoms with Crippen LogP contribution in [0.2, 0.25) is 0 Å². The van der Waals surface area contributed by atoms with E-state index in [-0.39, 0.29) is 17.8 Å². The van der Waals surface area contributed by atoms with Crippen LogP contribution in [0.4, 0.5) is 0 Å². The number of nitrogens with zero attached hydrogens (tertiary/aromatic N) is 1. The Morgan fingerprint density at radius 3 is 2.10 bits per heavy atom. The van der Waals surface area contributed by atoms with E-state index in [2.05, 4.69) is 6.07 Å². The molecule has 0 aliphatic heterocycles. The van der Waals surface area contributed by atoms with Crippen molar-refractivity contribution >= 4 is 11.9 Å². The van der Waals surface area contributed by atoms with Gasteiger partial charge in [-0.2, -0.15) is 5.26 Å². The molecule has 3 atom stereocenters. The molecule has 0 bridgehead atoms. The molecule has 0 aliphatic rings. The third-order valence-corrected chi connectivity index (χ3v) is 3.92. The van der Waals surface area contributed by atoms with E-state index in [1.807, 2.05) is 13.8 Å². The first-order valence-electron chi connectivity index (χ1n) is 7.70. The van der Waals surface area contributed by atoms with Crippen molar-refractivity contribution in [1.82, 2.24) is 0 Å². The minimum Gasteiger partial charge on any atom is -0.481 e. The van der Waals surface area contributed by atoms with Crippen molar-refractivity contribution < 1.29 is 19.4 Å². The highest BCUT2D eigenvalue weighted by Gasteiger charge is 2.24. The zero-order chi connectivity index (χ0) is 16.3. The minimum absolute atomic E-state index is 0.0844. The van der Waals surface area contributed by atoms with Crippen molar-refractivity contribution in [2.75, 3.05) is 7.11 Å². The number of hydrogen-bond donors (Lipinski definition) is 1. The average molecular weight is 297 g/mol. The molecular weight excluding hydrogens is 270 g/mol. The van der Waals surface area contributed by atoms with Crippen LogP contribution in [0.25, 0.3) is 0 Å². The zero-order valence-electron chi connectivity index (χ0n) is 13.3. The third-order valence-electron chi connectivity index (χ3n) is 3.92. The Balaban J connectivity index is 4.46. The van der Waals surface area contributed by atoms with E-state index in [9.17, 15) is 14.7 Å². The highest BCUT2D eigenvalue weighted by Crippen LogP contribution is 2.24. The summed E-state index contributed by atoms with van der Waals surface area (Å²) in [7, 11) is 1.36. The maximum atomic E-state index is 11.6. The van der Waals surface area contributed by atoms with E-state index in [0.29, 0.717) is 25.7 Å². The van der Waals surface area contributed by atoms with Crippen molar-refractivity contribution in [3.63, 3.8) is 0 Å². The largest absolute Gasteiger partial charge is 0.481 e. The fraction of sp³-hybridized carbons (Fsp3) is 0.812. The number of aliphatic carboxylic acids is 1. The molecule has 0 aromatic carbocycles. The van der Waals surface area contributed by atoms with E-state index < -0.39 is 11.9 Å². The van der Waals surface area contributed by atoms with E-state index in [1.54, 1.807) is 0 Å². The van der Waals surface area contributed by atoms with Gasteiger partial charge in [-0.25, -0.2) is 0 Å². The number of carboxylic acids is 1. The van der Waals surface area contributed by atoms with Gasteiger partial charge >= 0.3 is 11.9 Å². The van der Waals surface area contributed by atoms with Crippen molar-refractivity contribution in [3.05, 3.63) is 0 Å². The van der Waals surface area contributed by atoms with Crippen LogP contribution in [0.3, 0.4) is 0 Å². The lowest BCUT2D eigenvalue weighted by Gasteiger charge is -2.18. The van der Waals surface area contributed by atoms with Gasteiger partial charge in [0.1, 0.15) is 0 Å². The van der Waals surface area contributed by atoms with Gasteiger partial charge in [-0.1, -0.05) is 20.3 Å². The van der Waals surface area contributed by atoms with Crippen LogP contribution in [0.15, 0.2) is 0 Å². The highest BCUT2D eigenvalue weighted by atomic mass is 16.5. The highest BCUT2D eigenvalue weighted by molar-refractivity contribution is 5.72. The number of ether oxygens (including phenoxy) is 1. The lowest BCUT2D eigenvalue weighted by Crippen LogP contribution is -2.20. The number of nitriles is 1. The Labute approximate surface area is 127 Å². The number of esters is 1. The molecule has 0 aliphatic carbocycles. The van der Waals surface area contributed by atoms with Crippen molar-refractivity contribution in [3.8, 4) is 6.07 Å². The fourth-order valence-corrected chi connectivity index (χ4v) is 2.45. The molecule has 0 saturated carbocycles. The van der Waals surface area contributed by atoms with Crippen LogP contribution in [-0.4, -0.2) is 24.2 Å². The molecule has 0 aromatic heterocycles. The Kier molecular flexibility index (Phi) is 10.3. The third kappa shape index (κ3) is 7.69. The number of hydrogen-bond acceptors (Lipinski definition) is 4. The number of rotatable bonds is 11. The molecule has 0 rings (SSSR count). The number of carbonyl (C=O) groups is 2. The predicted molar refractivity (Wildman–Crippen MR) is 79.4 cm³/mol. The van der Waals surface area contributed by atoms with Gasteiger partial charge in [-0.05, 0) is 38.5 Å². The van der Waals surface area contributed by atoms with Crippen LogP contribution in [0, 0.1) is 29.1 Å². The van der Waals surface area contributed by atoms with E-state index in [0.717, 1.165) is 19.3 Å². The molecule has 0 radical (unpaired) electrons. The fourth-order valence-electron chi connectivity index (χ4n) is 2.45. The van der Waals surface area contributed by atoms with Gasteiger partial charge < -0.3 is 9.84 Å². The molecule has 0 heterocycles. The maximum Gasteiger partial charge on any atom is 0.308 e. The second-order valence-electron chi connectivity index (χ2n) is 5.43. The first kappa shape index (κ1) is 19.4. The van der Waals surface area contributed by atoms with E-state index >= 15 is 0 Å². The Morgan fingerprint density at radius 1 is 1.10 bits per heavy atom. The molecule has 0 amide bonds. The monoisotopic (exact) mass is 297 g/mol. The summed E-state index contributed by atoms with van der Waals surface area (Å²) in [6.45, 7) is 3.92. The maximum absolute atomic E-state index is 11.6. The molecule has 120 valence electrons. The summed E-state index contributed by atoms with van der Waals surface area (Å²) >= 11 is 0. The summed E-state index contributed by atoms with van der Waals surface area (Å²) in [5.74, 6) is -1.90. The van der Waals surface area contributed by atoms with Gasteiger partial charge in [0.15, 0.2) is 0 Å². The van der Waals surface area contributed by atoms with Gasteiger partial charge in [0.05, 0.1) is 25.0 Å². The molecule has 1 N–H and O–H groups in total. The van der Waals surface area contributed by atoms with Gasteiger partial charge in [0.2, 0.25) is 0 Å². The SMILES string of the molecule is CCCC(CCC(CCC(C#N)CC)C(=O)O)C(=O)OC. The topological polar surface area (TPSA) is 87.4 Å². The molecule has 0 aromatic rings. The van der Waals surface area contributed by atoms with Gasteiger partial charge in [-0.3, -0.25) is 9.59 Å². The van der Waals surface area contributed by atoms with Crippen LogP contribution in [0.1, 0.15) is 58.8 Å². The number of carbonyl (C=O) groups excluding carboxylic acids is 1. The van der Waals surface area contributed by atoms with Crippen molar-refractivity contribution in [2.45, 2.75) is 58.8 Å². The van der Waals surface area contributed by atoms with Gasteiger partial charge in [-0.15, -0.1) is 0 Å². The van der Waals surface area contributed by atoms with Gasteiger partial charge in [0.25, 0.3) is 0 Å². The second kappa shape index (κ2) is 11.1.